The van der Waals surface area contributed by atoms with Crippen LogP contribution in [-0.4, -0.2) is 99.6 Å². The number of ether oxygens (including phenoxy) is 5. The van der Waals surface area contributed by atoms with Gasteiger partial charge in [0.25, 0.3) is 0 Å². The number of phenols is 7. The molecule has 4 aromatic carbocycles. The van der Waals surface area contributed by atoms with E-state index in [-0.39, 0.29) is 57.2 Å². The van der Waals surface area contributed by atoms with E-state index in [4.69, 9.17) is 23.7 Å². The molecule has 4 aromatic rings. The number of rotatable bonds is 4. The van der Waals surface area contributed by atoms with Gasteiger partial charge in [-0.05, 0) is 35.9 Å². The molecular weight excluding hydrogens is 676 g/mol. The number of fused-ring (bicyclic) bond motifs is 8. The van der Waals surface area contributed by atoms with Gasteiger partial charge >= 0.3 is 5.79 Å². The average Bonchev–Trinajstić information content (AvgIpc) is 3.07. The lowest BCUT2D eigenvalue weighted by atomic mass is 9.74. The third-order valence-corrected chi connectivity index (χ3v) is 9.74. The van der Waals surface area contributed by atoms with Crippen molar-refractivity contribution in [3.8, 4) is 57.5 Å². The molecule has 1 unspecified atom stereocenters. The van der Waals surface area contributed by atoms with Crippen LogP contribution in [0.15, 0.2) is 54.6 Å². The predicted octanol–water partition coefficient (Wildman–Crippen LogP) is 1.26. The Bertz CT molecular complexity index is 2050. The van der Waals surface area contributed by atoms with E-state index in [9.17, 15) is 56.2 Å². The monoisotopic (exact) mass is 708 g/mol. The van der Waals surface area contributed by atoms with Crippen LogP contribution in [0.1, 0.15) is 39.8 Å². The molecule has 268 valence electrons. The molecule has 0 aliphatic carbocycles. The quantitative estimate of drug-likeness (QED) is 0.133. The smallest absolute Gasteiger partial charge is 0.305 e. The molecule has 4 aliphatic heterocycles. The summed E-state index contributed by atoms with van der Waals surface area (Å²) in [7, 11) is 0. The molecule has 0 saturated carbocycles. The molecule has 0 amide bonds. The second-order valence-electron chi connectivity index (χ2n) is 12.9. The van der Waals surface area contributed by atoms with Gasteiger partial charge in [0.15, 0.2) is 35.4 Å². The highest BCUT2D eigenvalue weighted by Gasteiger charge is 2.62. The van der Waals surface area contributed by atoms with Crippen LogP contribution >= 0.6 is 0 Å². The van der Waals surface area contributed by atoms with Gasteiger partial charge in [0.2, 0.25) is 0 Å². The lowest BCUT2D eigenvalue weighted by Crippen LogP contribution is -2.62. The Morgan fingerprint density at radius 2 is 1.33 bits per heavy atom. The summed E-state index contributed by atoms with van der Waals surface area (Å²) in [6.07, 6.45) is -10.8. The largest absolute Gasteiger partial charge is 0.508 e. The Morgan fingerprint density at radius 3 is 2.04 bits per heavy atom. The third-order valence-electron chi connectivity index (χ3n) is 9.74. The molecule has 51 heavy (non-hydrogen) atoms. The fourth-order valence-electron chi connectivity index (χ4n) is 7.28. The van der Waals surface area contributed by atoms with Crippen LogP contribution in [-0.2, 0) is 21.7 Å². The Kier molecular flexibility index (Phi) is 7.46. The minimum atomic E-state index is -2.23. The summed E-state index contributed by atoms with van der Waals surface area (Å²) in [4.78, 5) is 0. The van der Waals surface area contributed by atoms with Crippen molar-refractivity contribution < 1.29 is 79.9 Å². The van der Waals surface area contributed by atoms with E-state index in [1.165, 1.54) is 36.4 Å². The predicted molar refractivity (Wildman–Crippen MR) is 168 cm³/mol. The zero-order valence-corrected chi connectivity index (χ0v) is 26.2. The second kappa shape index (κ2) is 11.6. The number of aliphatic hydroxyl groups excluding tert-OH is 4. The highest BCUT2D eigenvalue weighted by Crippen LogP contribution is 2.63. The van der Waals surface area contributed by atoms with Gasteiger partial charge in [0.05, 0.1) is 18.6 Å². The molecular formula is C35H32O16. The number of aromatic hydroxyl groups is 7. The van der Waals surface area contributed by atoms with Gasteiger partial charge in [0.1, 0.15) is 58.9 Å². The van der Waals surface area contributed by atoms with E-state index < -0.39 is 95.7 Å². The fourth-order valence-corrected chi connectivity index (χ4v) is 7.28. The van der Waals surface area contributed by atoms with Gasteiger partial charge in [-0.15, -0.1) is 0 Å². The van der Waals surface area contributed by atoms with E-state index in [1.54, 1.807) is 0 Å². The third kappa shape index (κ3) is 4.98. The maximum Gasteiger partial charge on any atom is 0.305 e. The Labute approximate surface area is 287 Å². The van der Waals surface area contributed by atoms with Crippen molar-refractivity contribution in [1.29, 1.82) is 0 Å². The van der Waals surface area contributed by atoms with E-state index in [2.05, 4.69) is 0 Å². The van der Waals surface area contributed by atoms with E-state index in [1.807, 2.05) is 0 Å². The first-order chi connectivity index (χ1) is 24.3. The number of aliphatic hydroxyl groups is 4. The number of benzene rings is 4. The van der Waals surface area contributed by atoms with E-state index in [0.29, 0.717) is 0 Å². The van der Waals surface area contributed by atoms with Gasteiger partial charge < -0.3 is 79.9 Å². The molecule has 4 aliphatic rings. The number of hydrogen-bond acceptors (Lipinski definition) is 16. The Hall–Kier alpha value is -5.36. The second-order valence-corrected chi connectivity index (χ2v) is 12.9. The van der Waals surface area contributed by atoms with Crippen LogP contribution in [0.25, 0.3) is 0 Å². The SMILES string of the molecule is Oc1cc(O)c2c(c1)O[C@]1(c3ccc(O)c(O)c3)Oc3cc(O)c4c(c3C2[C@@H]1O[C@H]1OC[C@@H](O)[C@@H](O)[C@H]1O)O[C@H](c1ccc(O)c(O)c1)[C@@H](O)C4. The standard InChI is InChI=1S/C35H32O16/c36-14-7-21(42)26-24(8-14)50-35(13-2-4-17(38)20(41)6-13)33(49-34-30(46)29(45)23(44)11-47-34)28(26)27-25(51-35)10-18(39)15-9-22(43)31(48-32(15)27)12-1-3-16(37)19(40)5-12/h1-8,10,22-23,28-31,33-34,36-46H,9,11H2/t22-,23+,28?,29+,30+,31+,33-,34+,35+/m0/s1. The summed E-state index contributed by atoms with van der Waals surface area (Å²) in [5.74, 6) is -7.00. The highest BCUT2D eigenvalue weighted by molar-refractivity contribution is 5.68. The molecule has 9 atom stereocenters. The van der Waals surface area contributed by atoms with Gasteiger partial charge in [-0.1, -0.05) is 6.07 Å². The number of hydrogen-bond donors (Lipinski definition) is 11. The first kappa shape index (κ1) is 32.8. The molecule has 0 aromatic heterocycles. The first-order valence-electron chi connectivity index (χ1n) is 15.8. The van der Waals surface area contributed by atoms with Gasteiger partial charge in [-0.2, -0.15) is 0 Å². The lowest BCUT2D eigenvalue weighted by molar-refractivity contribution is -0.327. The van der Waals surface area contributed by atoms with Crippen LogP contribution in [0.5, 0.6) is 57.5 Å². The molecule has 1 saturated heterocycles. The Morgan fingerprint density at radius 1 is 0.647 bits per heavy atom. The molecule has 0 radical (unpaired) electrons. The van der Waals surface area contributed by atoms with Gasteiger partial charge in [0, 0.05) is 46.9 Å². The van der Waals surface area contributed by atoms with Crippen LogP contribution in [0.2, 0.25) is 0 Å². The average molecular weight is 709 g/mol. The zero-order chi connectivity index (χ0) is 36.1. The molecule has 16 nitrogen and oxygen atoms in total. The molecule has 8 rings (SSSR count). The van der Waals surface area contributed by atoms with Crippen molar-refractivity contribution >= 4 is 0 Å². The molecule has 1 fully saturated rings. The van der Waals surface area contributed by atoms with Crippen molar-refractivity contribution in [2.45, 2.75) is 61.0 Å². The maximum absolute atomic E-state index is 11.4. The van der Waals surface area contributed by atoms with Crippen molar-refractivity contribution in [1.82, 2.24) is 0 Å². The van der Waals surface area contributed by atoms with Crippen molar-refractivity contribution in [2.24, 2.45) is 0 Å². The summed E-state index contributed by atoms with van der Waals surface area (Å²) in [6.45, 7) is -0.452. The van der Waals surface area contributed by atoms with Gasteiger partial charge in [-0.25, -0.2) is 0 Å². The normalized spacial score (nSPS) is 30.5. The van der Waals surface area contributed by atoms with Crippen LogP contribution < -0.4 is 14.2 Å². The van der Waals surface area contributed by atoms with E-state index >= 15 is 0 Å². The van der Waals surface area contributed by atoms with Crippen molar-refractivity contribution in [3.05, 3.63) is 82.4 Å². The van der Waals surface area contributed by atoms with Crippen LogP contribution in [0, 0.1) is 0 Å². The van der Waals surface area contributed by atoms with Crippen LogP contribution in [0.3, 0.4) is 0 Å². The lowest BCUT2D eigenvalue weighted by Gasteiger charge is -2.53. The molecule has 0 spiro atoms. The summed E-state index contributed by atoms with van der Waals surface area (Å²) in [5.41, 5.74) is 0.515. The summed E-state index contributed by atoms with van der Waals surface area (Å²) >= 11 is 0. The number of phenolic OH excluding ortho intramolecular Hbond substituents is 7. The summed E-state index contributed by atoms with van der Waals surface area (Å²) in [6, 6.07) is 10.9. The summed E-state index contributed by atoms with van der Waals surface area (Å²) < 4.78 is 31.4. The topological polar surface area (TPSA) is 269 Å². The summed E-state index contributed by atoms with van der Waals surface area (Å²) in [5, 5.41) is 117. The highest BCUT2D eigenvalue weighted by atomic mass is 16.8. The minimum absolute atomic E-state index is 0.00353. The molecule has 11 N–H and O–H groups in total. The van der Waals surface area contributed by atoms with Crippen LogP contribution in [0.4, 0.5) is 0 Å². The first-order valence-corrected chi connectivity index (χ1v) is 15.8. The molecule has 2 bridgehead atoms. The maximum atomic E-state index is 11.4. The Balaban J connectivity index is 1.38. The van der Waals surface area contributed by atoms with Gasteiger partial charge in [-0.3, -0.25) is 0 Å². The zero-order valence-electron chi connectivity index (χ0n) is 26.2. The van der Waals surface area contributed by atoms with Crippen molar-refractivity contribution in [3.63, 3.8) is 0 Å². The van der Waals surface area contributed by atoms with E-state index in [0.717, 1.165) is 18.2 Å². The molecule has 16 heteroatoms. The molecule has 4 heterocycles. The minimum Gasteiger partial charge on any atom is -0.508 e. The fraction of sp³-hybridized carbons (Fsp3) is 0.314. The van der Waals surface area contributed by atoms with Crippen molar-refractivity contribution in [2.75, 3.05) is 6.61 Å².